The molecule has 0 radical (unpaired) electrons. The van der Waals surface area contributed by atoms with Crippen molar-refractivity contribution in [3.63, 3.8) is 0 Å². The second-order valence-electron chi connectivity index (χ2n) is 3.88. The summed E-state index contributed by atoms with van der Waals surface area (Å²) in [7, 11) is 0. The van der Waals surface area contributed by atoms with Gasteiger partial charge in [0.2, 0.25) is 0 Å². The minimum absolute atomic E-state index is 0.101. The molecule has 17 heavy (non-hydrogen) atoms. The highest BCUT2D eigenvalue weighted by molar-refractivity contribution is 5.68. The number of benzene rings is 1. The smallest absolute Gasteiger partial charge is 0.304 e. The molecule has 92 valence electrons. The minimum atomic E-state index is -0.932. The molecule has 0 saturated heterocycles. The number of hydrogen-bond acceptors (Lipinski definition) is 4. The van der Waals surface area contributed by atoms with E-state index in [0.717, 1.165) is 5.56 Å². The number of hydrogen-bond donors (Lipinski definition) is 2. The number of carbonyl (C=O) groups is 1. The maximum absolute atomic E-state index is 10.7. The van der Waals surface area contributed by atoms with Crippen LogP contribution >= 0.6 is 0 Å². The average molecular weight is 238 g/mol. The molecule has 0 aromatic heterocycles. The van der Waals surface area contributed by atoms with E-state index in [4.69, 9.17) is 14.6 Å². The summed E-state index contributed by atoms with van der Waals surface area (Å²) in [5.41, 5.74) is 0.749. The Morgan fingerprint density at radius 2 is 2.00 bits per heavy atom. The fourth-order valence-corrected chi connectivity index (χ4v) is 1.81. The van der Waals surface area contributed by atoms with E-state index in [9.17, 15) is 9.90 Å². The van der Waals surface area contributed by atoms with Crippen LogP contribution in [0.15, 0.2) is 18.2 Å². The third-order valence-corrected chi connectivity index (χ3v) is 2.68. The zero-order valence-corrected chi connectivity index (χ0v) is 9.26. The molecule has 5 nitrogen and oxygen atoms in total. The maximum Gasteiger partial charge on any atom is 0.304 e. The molecule has 2 N–H and O–H groups in total. The van der Waals surface area contributed by atoms with E-state index in [1.165, 1.54) is 0 Å². The standard InChI is InChI=1S/C12H14O5/c13-7-9(6-12(14)15)8-1-2-10-11(5-8)17-4-3-16-10/h1-2,5,9,13H,3-4,6-7H2,(H,14,15). The zero-order chi connectivity index (χ0) is 12.3. The molecule has 0 saturated carbocycles. The number of rotatable bonds is 4. The molecular formula is C12H14O5. The van der Waals surface area contributed by atoms with Crippen molar-refractivity contribution in [2.75, 3.05) is 19.8 Å². The Morgan fingerprint density at radius 1 is 1.29 bits per heavy atom. The summed E-state index contributed by atoms with van der Waals surface area (Å²) >= 11 is 0. The third kappa shape index (κ3) is 2.68. The largest absolute Gasteiger partial charge is 0.486 e. The van der Waals surface area contributed by atoms with Crippen molar-refractivity contribution in [1.82, 2.24) is 0 Å². The van der Waals surface area contributed by atoms with Gasteiger partial charge in [0.05, 0.1) is 13.0 Å². The lowest BCUT2D eigenvalue weighted by atomic mass is 9.96. The molecule has 0 spiro atoms. The van der Waals surface area contributed by atoms with Crippen molar-refractivity contribution < 1.29 is 24.5 Å². The van der Waals surface area contributed by atoms with Gasteiger partial charge < -0.3 is 19.7 Å². The lowest BCUT2D eigenvalue weighted by Gasteiger charge is -2.20. The fourth-order valence-electron chi connectivity index (χ4n) is 1.81. The second-order valence-corrected chi connectivity index (χ2v) is 3.88. The first-order valence-corrected chi connectivity index (χ1v) is 5.43. The normalized spacial score (nSPS) is 15.4. The molecule has 1 unspecified atom stereocenters. The van der Waals surface area contributed by atoms with Crippen LogP contribution in [0, 0.1) is 0 Å². The molecule has 0 aliphatic carbocycles. The number of carboxylic acids is 1. The van der Waals surface area contributed by atoms with Crippen molar-refractivity contribution in [2.45, 2.75) is 12.3 Å². The van der Waals surface area contributed by atoms with Gasteiger partial charge in [-0.2, -0.15) is 0 Å². The van der Waals surface area contributed by atoms with E-state index in [1.807, 2.05) is 0 Å². The molecule has 1 heterocycles. The molecule has 2 rings (SSSR count). The van der Waals surface area contributed by atoms with Crippen LogP contribution < -0.4 is 9.47 Å². The average Bonchev–Trinajstić information content (AvgIpc) is 2.35. The van der Waals surface area contributed by atoms with Gasteiger partial charge in [-0.05, 0) is 17.7 Å². The van der Waals surface area contributed by atoms with Crippen LogP contribution in [-0.2, 0) is 4.79 Å². The van der Waals surface area contributed by atoms with Gasteiger partial charge in [-0.25, -0.2) is 0 Å². The van der Waals surface area contributed by atoms with Gasteiger partial charge in [0.15, 0.2) is 11.5 Å². The van der Waals surface area contributed by atoms with Crippen molar-refractivity contribution >= 4 is 5.97 Å². The highest BCUT2D eigenvalue weighted by Crippen LogP contribution is 2.33. The predicted molar refractivity (Wildman–Crippen MR) is 59.5 cm³/mol. The summed E-state index contributed by atoms with van der Waals surface area (Å²) in [6, 6.07) is 5.24. The Hall–Kier alpha value is -1.75. The maximum atomic E-state index is 10.7. The topological polar surface area (TPSA) is 76.0 Å². The number of ether oxygens (including phenoxy) is 2. The van der Waals surface area contributed by atoms with E-state index in [-0.39, 0.29) is 13.0 Å². The number of fused-ring (bicyclic) bond motifs is 1. The van der Waals surface area contributed by atoms with E-state index in [1.54, 1.807) is 18.2 Å². The first kappa shape index (κ1) is 11.7. The van der Waals surface area contributed by atoms with Gasteiger partial charge in [-0.1, -0.05) is 6.07 Å². The Morgan fingerprint density at radius 3 is 2.65 bits per heavy atom. The Kier molecular flexibility index (Phi) is 3.49. The highest BCUT2D eigenvalue weighted by atomic mass is 16.6. The predicted octanol–water partition coefficient (Wildman–Crippen LogP) is 1.01. The molecule has 1 aliphatic rings. The summed E-state index contributed by atoms with van der Waals surface area (Å²) < 4.78 is 10.8. The van der Waals surface area contributed by atoms with Gasteiger partial charge in [0.1, 0.15) is 13.2 Å². The van der Waals surface area contributed by atoms with E-state index in [2.05, 4.69) is 0 Å². The summed E-state index contributed by atoms with van der Waals surface area (Å²) in [4.78, 5) is 10.7. The lowest BCUT2D eigenvalue weighted by molar-refractivity contribution is -0.137. The zero-order valence-electron chi connectivity index (χ0n) is 9.26. The number of aliphatic hydroxyl groups is 1. The second kappa shape index (κ2) is 5.05. The van der Waals surface area contributed by atoms with Gasteiger partial charge >= 0.3 is 5.97 Å². The third-order valence-electron chi connectivity index (χ3n) is 2.68. The SMILES string of the molecule is O=C(O)CC(CO)c1ccc2c(c1)OCCO2. The van der Waals surface area contributed by atoms with Crippen molar-refractivity contribution in [3.05, 3.63) is 23.8 Å². The first-order valence-electron chi connectivity index (χ1n) is 5.43. The van der Waals surface area contributed by atoms with Crippen molar-refractivity contribution in [3.8, 4) is 11.5 Å². The summed E-state index contributed by atoms with van der Waals surface area (Å²) in [5.74, 6) is -0.0770. The quantitative estimate of drug-likeness (QED) is 0.818. The van der Waals surface area contributed by atoms with Crippen LogP contribution in [0.25, 0.3) is 0 Å². The number of aliphatic hydroxyl groups excluding tert-OH is 1. The molecular weight excluding hydrogens is 224 g/mol. The van der Waals surface area contributed by atoms with Gasteiger partial charge in [-0.3, -0.25) is 4.79 Å². The molecule has 1 aliphatic heterocycles. The van der Waals surface area contributed by atoms with E-state index in [0.29, 0.717) is 24.7 Å². The van der Waals surface area contributed by atoms with Crippen molar-refractivity contribution in [1.29, 1.82) is 0 Å². The first-order chi connectivity index (χ1) is 8.20. The van der Waals surface area contributed by atoms with E-state index < -0.39 is 11.9 Å². The fraction of sp³-hybridized carbons (Fsp3) is 0.417. The molecule has 0 bridgehead atoms. The summed E-state index contributed by atoms with van der Waals surface area (Å²) in [5, 5.41) is 17.9. The molecule has 1 aromatic rings. The van der Waals surface area contributed by atoms with Gasteiger partial charge in [0, 0.05) is 5.92 Å². The Bertz CT molecular complexity index is 415. The Labute approximate surface area is 98.6 Å². The number of aliphatic carboxylic acids is 1. The summed E-state index contributed by atoms with van der Waals surface area (Å²) in [6.07, 6.45) is -0.101. The molecule has 5 heteroatoms. The van der Waals surface area contributed by atoms with Crippen LogP contribution in [0.2, 0.25) is 0 Å². The Balaban J connectivity index is 2.22. The number of carboxylic acid groups (broad SMARTS) is 1. The van der Waals surface area contributed by atoms with Crippen LogP contribution in [0.3, 0.4) is 0 Å². The monoisotopic (exact) mass is 238 g/mol. The van der Waals surface area contributed by atoms with Crippen LogP contribution in [0.5, 0.6) is 11.5 Å². The van der Waals surface area contributed by atoms with Gasteiger partial charge in [-0.15, -0.1) is 0 Å². The molecule has 0 fully saturated rings. The lowest BCUT2D eigenvalue weighted by Crippen LogP contribution is -2.16. The molecule has 1 aromatic carbocycles. The van der Waals surface area contributed by atoms with Crippen molar-refractivity contribution in [2.24, 2.45) is 0 Å². The van der Waals surface area contributed by atoms with Crippen LogP contribution in [-0.4, -0.2) is 36.0 Å². The van der Waals surface area contributed by atoms with Crippen LogP contribution in [0.1, 0.15) is 17.9 Å². The molecule has 0 amide bonds. The summed E-state index contributed by atoms with van der Waals surface area (Å²) in [6.45, 7) is 0.802. The highest BCUT2D eigenvalue weighted by Gasteiger charge is 2.18. The van der Waals surface area contributed by atoms with Crippen LogP contribution in [0.4, 0.5) is 0 Å². The molecule has 1 atom stereocenters. The van der Waals surface area contributed by atoms with E-state index >= 15 is 0 Å². The minimum Gasteiger partial charge on any atom is -0.486 e. The van der Waals surface area contributed by atoms with Gasteiger partial charge in [0.25, 0.3) is 0 Å².